The summed E-state index contributed by atoms with van der Waals surface area (Å²) in [6.45, 7) is 9.58. The lowest BCUT2D eigenvalue weighted by Crippen LogP contribution is -2.47. The fourth-order valence-electron chi connectivity index (χ4n) is 3.68. The highest BCUT2D eigenvalue weighted by Gasteiger charge is 2.28. The van der Waals surface area contributed by atoms with Gasteiger partial charge in [0.2, 0.25) is 0 Å². The van der Waals surface area contributed by atoms with Crippen molar-refractivity contribution in [2.75, 3.05) is 39.8 Å². The third kappa shape index (κ3) is 5.34. The monoisotopic (exact) mass is 451 g/mol. The molecular formula is C25H29N3O3S. The molecule has 4 rings (SSSR count). The predicted octanol–water partition coefficient (Wildman–Crippen LogP) is 4.19. The molecule has 32 heavy (non-hydrogen) atoms. The summed E-state index contributed by atoms with van der Waals surface area (Å²) < 4.78 is 11.5. The molecule has 7 heteroatoms. The number of carbonyl (C=O) groups is 1. The van der Waals surface area contributed by atoms with Crippen LogP contribution in [0.25, 0.3) is 6.08 Å². The van der Waals surface area contributed by atoms with Gasteiger partial charge in [-0.25, -0.2) is 0 Å². The van der Waals surface area contributed by atoms with Gasteiger partial charge in [-0.3, -0.25) is 4.79 Å². The number of amides is 1. The lowest BCUT2D eigenvalue weighted by molar-refractivity contribution is -0.113. The van der Waals surface area contributed by atoms with E-state index in [1.165, 1.54) is 17.3 Å². The molecule has 0 aromatic heterocycles. The smallest absolute Gasteiger partial charge is 0.286 e. The number of aliphatic imine (C=N–C) groups is 1. The molecule has 0 bridgehead atoms. The fraction of sp³-hybridized carbons (Fsp3) is 0.360. The first-order valence-electron chi connectivity index (χ1n) is 10.9. The van der Waals surface area contributed by atoms with Gasteiger partial charge in [0.1, 0.15) is 6.61 Å². The molecule has 0 N–H and O–H groups in total. The Labute approximate surface area is 193 Å². The van der Waals surface area contributed by atoms with Crippen molar-refractivity contribution >= 4 is 28.9 Å². The highest BCUT2D eigenvalue weighted by molar-refractivity contribution is 8.18. The number of aryl methyl sites for hydroxylation is 1. The number of carbonyl (C=O) groups excluding carboxylic acids is 1. The Hall–Kier alpha value is -2.77. The standard InChI is InChI=1S/C25H29N3O3S/c1-4-27-11-13-28(14-12-27)25-26-24(29)23(32-25)16-20-9-10-21(22(15-20)30-3)31-17-19-7-5-18(2)6-8-19/h5-10,15-16H,4,11-14,17H2,1-3H3/b23-16-. The van der Waals surface area contributed by atoms with Crippen LogP contribution in [-0.2, 0) is 11.4 Å². The van der Waals surface area contributed by atoms with Crippen LogP contribution in [0, 0.1) is 6.92 Å². The molecule has 0 aliphatic carbocycles. The summed E-state index contributed by atoms with van der Waals surface area (Å²) in [5.41, 5.74) is 3.20. The third-order valence-electron chi connectivity index (χ3n) is 5.70. The van der Waals surface area contributed by atoms with Gasteiger partial charge in [-0.1, -0.05) is 42.8 Å². The molecule has 0 spiro atoms. The number of piperazine rings is 1. The van der Waals surface area contributed by atoms with E-state index in [9.17, 15) is 4.79 Å². The quantitative estimate of drug-likeness (QED) is 0.614. The second-order valence-corrected chi connectivity index (χ2v) is 8.93. The Balaban J connectivity index is 1.41. The molecule has 2 aliphatic heterocycles. The number of nitrogens with zero attached hydrogens (tertiary/aromatic N) is 3. The maximum atomic E-state index is 12.5. The van der Waals surface area contributed by atoms with Gasteiger partial charge in [-0.05, 0) is 54.6 Å². The van der Waals surface area contributed by atoms with E-state index in [-0.39, 0.29) is 5.91 Å². The zero-order valence-corrected chi connectivity index (χ0v) is 19.7. The molecule has 1 amide bonds. The molecule has 0 saturated carbocycles. The Morgan fingerprint density at radius 2 is 1.81 bits per heavy atom. The maximum Gasteiger partial charge on any atom is 0.286 e. The Bertz CT molecular complexity index is 1030. The number of hydrogen-bond acceptors (Lipinski definition) is 6. The molecular weight excluding hydrogens is 422 g/mol. The van der Waals surface area contributed by atoms with Crippen molar-refractivity contribution in [1.82, 2.24) is 9.80 Å². The largest absolute Gasteiger partial charge is 0.493 e. The van der Waals surface area contributed by atoms with E-state index < -0.39 is 0 Å². The van der Waals surface area contributed by atoms with E-state index >= 15 is 0 Å². The highest BCUT2D eigenvalue weighted by atomic mass is 32.2. The minimum Gasteiger partial charge on any atom is -0.493 e. The number of hydrogen-bond donors (Lipinski definition) is 0. The average molecular weight is 452 g/mol. The summed E-state index contributed by atoms with van der Waals surface area (Å²) in [6.07, 6.45) is 1.87. The molecule has 2 aromatic carbocycles. The van der Waals surface area contributed by atoms with Crippen molar-refractivity contribution in [1.29, 1.82) is 0 Å². The Kier molecular flexibility index (Phi) is 7.17. The highest BCUT2D eigenvalue weighted by Crippen LogP contribution is 2.34. The molecule has 1 saturated heterocycles. The van der Waals surface area contributed by atoms with Crippen LogP contribution in [0.5, 0.6) is 11.5 Å². The van der Waals surface area contributed by atoms with Crippen molar-refractivity contribution in [2.24, 2.45) is 4.99 Å². The van der Waals surface area contributed by atoms with Crippen LogP contribution < -0.4 is 9.47 Å². The van der Waals surface area contributed by atoms with E-state index in [0.717, 1.165) is 49.0 Å². The van der Waals surface area contributed by atoms with E-state index in [2.05, 4.69) is 52.9 Å². The van der Waals surface area contributed by atoms with Gasteiger partial charge in [-0.2, -0.15) is 4.99 Å². The van der Waals surface area contributed by atoms with Crippen LogP contribution in [0.4, 0.5) is 0 Å². The van der Waals surface area contributed by atoms with Crippen LogP contribution in [0.2, 0.25) is 0 Å². The Morgan fingerprint density at radius 1 is 1.06 bits per heavy atom. The zero-order valence-electron chi connectivity index (χ0n) is 18.8. The minimum absolute atomic E-state index is 0.179. The fourth-order valence-corrected chi connectivity index (χ4v) is 4.64. The topological polar surface area (TPSA) is 54.4 Å². The normalized spacial score (nSPS) is 18.2. The van der Waals surface area contributed by atoms with Gasteiger partial charge >= 0.3 is 0 Å². The number of thioether (sulfide) groups is 1. The molecule has 2 aliphatic rings. The van der Waals surface area contributed by atoms with Crippen molar-refractivity contribution in [3.8, 4) is 11.5 Å². The number of rotatable bonds is 6. The lowest BCUT2D eigenvalue weighted by Gasteiger charge is -2.34. The van der Waals surface area contributed by atoms with Gasteiger partial charge in [0.05, 0.1) is 12.0 Å². The average Bonchev–Trinajstić information content (AvgIpc) is 3.19. The molecule has 0 atom stereocenters. The third-order valence-corrected chi connectivity index (χ3v) is 6.74. The summed E-state index contributed by atoms with van der Waals surface area (Å²) in [5.74, 6) is 1.13. The number of likely N-dealkylation sites (N-methyl/N-ethyl adjacent to an activating group) is 1. The number of benzene rings is 2. The minimum atomic E-state index is -0.179. The molecule has 1 fully saturated rings. The zero-order chi connectivity index (χ0) is 22.5. The van der Waals surface area contributed by atoms with E-state index in [0.29, 0.717) is 23.0 Å². The SMILES string of the molecule is CCN1CCN(C2=NC(=O)/C(=C/c3ccc(OCc4ccc(C)cc4)c(OC)c3)S2)CC1. The molecule has 6 nitrogen and oxygen atoms in total. The number of methoxy groups -OCH3 is 1. The molecule has 168 valence electrons. The van der Waals surface area contributed by atoms with Crippen molar-refractivity contribution in [3.63, 3.8) is 0 Å². The van der Waals surface area contributed by atoms with Gasteiger partial charge < -0.3 is 19.3 Å². The van der Waals surface area contributed by atoms with E-state index in [1.807, 2.05) is 24.3 Å². The number of ether oxygens (including phenoxy) is 2. The Morgan fingerprint density at radius 3 is 2.50 bits per heavy atom. The van der Waals surface area contributed by atoms with Gasteiger partial charge in [0, 0.05) is 26.2 Å². The molecule has 2 aromatic rings. The summed E-state index contributed by atoms with van der Waals surface area (Å²) >= 11 is 1.45. The van der Waals surface area contributed by atoms with Crippen LogP contribution in [0.1, 0.15) is 23.6 Å². The maximum absolute atomic E-state index is 12.5. The van der Waals surface area contributed by atoms with Gasteiger partial charge in [-0.15, -0.1) is 0 Å². The first-order chi connectivity index (χ1) is 15.6. The van der Waals surface area contributed by atoms with Gasteiger partial charge in [0.15, 0.2) is 16.7 Å². The van der Waals surface area contributed by atoms with Crippen LogP contribution in [-0.4, -0.2) is 60.7 Å². The lowest BCUT2D eigenvalue weighted by atomic mass is 10.1. The molecule has 0 unspecified atom stereocenters. The molecule has 2 heterocycles. The number of amidine groups is 1. The second-order valence-electron chi connectivity index (χ2n) is 7.92. The van der Waals surface area contributed by atoms with Gasteiger partial charge in [0.25, 0.3) is 5.91 Å². The first kappa shape index (κ1) is 22.4. The first-order valence-corrected chi connectivity index (χ1v) is 11.7. The summed E-state index contributed by atoms with van der Waals surface area (Å²) in [7, 11) is 1.62. The van der Waals surface area contributed by atoms with Crippen LogP contribution >= 0.6 is 11.8 Å². The predicted molar refractivity (Wildman–Crippen MR) is 130 cm³/mol. The van der Waals surface area contributed by atoms with Crippen LogP contribution in [0.15, 0.2) is 52.4 Å². The summed E-state index contributed by atoms with van der Waals surface area (Å²) in [4.78, 5) is 22.0. The van der Waals surface area contributed by atoms with Crippen molar-refractivity contribution < 1.29 is 14.3 Å². The van der Waals surface area contributed by atoms with Crippen LogP contribution in [0.3, 0.4) is 0 Å². The molecule has 0 radical (unpaired) electrons. The van der Waals surface area contributed by atoms with E-state index in [1.54, 1.807) is 7.11 Å². The summed E-state index contributed by atoms with van der Waals surface area (Å²) in [6, 6.07) is 14.0. The van der Waals surface area contributed by atoms with E-state index in [4.69, 9.17) is 9.47 Å². The van der Waals surface area contributed by atoms with Crippen molar-refractivity contribution in [2.45, 2.75) is 20.5 Å². The van der Waals surface area contributed by atoms with Crippen molar-refractivity contribution in [3.05, 3.63) is 64.1 Å². The summed E-state index contributed by atoms with van der Waals surface area (Å²) in [5, 5.41) is 0.807. The second kappa shape index (κ2) is 10.2.